The first-order valence-electron chi connectivity index (χ1n) is 11.3. The Morgan fingerprint density at radius 1 is 1.17 bits per heavy atom. The van der Waals surface area contributed by atoms with Crippen molar-refractivity contribution in [3.63, 3.8) is 0 Å². The summed E-state index contributed by atoms with van der Waals surface area (Å²) in [5.74, 6) is 0.572. The van der Waals surface area contributed by atoms with E-state index in [1.807, 2.05) is 42.5 Å². The summed E-state index contributed by atoms with van der Waals surface area (Å²) in [6.07, 6.45) is 6.64. The molecule has 1 atom stereocenters. The third-order valence-corrected chi connectivity index (χ3v) is 6.35. The smallest absolute Gasteiger partial charge is 0.207 e. The largest absolute Gasteiger partial charge is 0.489 e. The Labute approximate surface area is 214 Å². The zero-order chi connectivity index (χ0) is 24.6. The lowest BCUT2D eigenvalue weighted by atomic mass is 9.98. The van der Waals surface area contributed by atoms with Crippen molar-refractivity contribution in [2.24, 2.45) is 0 Å². The second-order valence-corrected chi connectivity index (χ2v) is 8.97. The van der Waals surface area contributed by atoms with Gasteiger partial charge in [0.05, 0.1) is 15.8 Å². The molecule has 1 aliphatic rings. The fourth-order valence-electron chi connectivity index (χ4n) is 3.86. The van der Waals surface area contributed by atoms with E-state index in [2.05, 4.69) is 15.6 Å². The number of halogens is 2. The Morgan fingerprint density at radius 3 is 2.74 bits per heavy atom. The summed E-state index contributed by atoms with van der Waals surface area (Å²) >= 11 is 12.5. The molecular formula is C26H26Cl2N4O3. The summed E-state index contributed by atoms with van der Waals surface area (Å²) in [6.45, 7) is 1.27. The lowest BCUT2D eigenvalue weighted by Gasteiger charge is -2.26. The third-order valence-electron chi connectivity index (χ3n) is 5.70. The molecule has 1 unspecified atom stereocenters. The first-order valence-corrected chi connectivity index (χ1v) is 12.1. The normalized spacial score (nSPS) is 15.3. The highest BCUT2D eigenvalue weighted by molar-refractivity contribution is 6.35. The van der Waals surface area contributed by atoms with Gasteiger partial charge in [-0.2, -0.15) is 0 Å². The number of nitrogens with one attached hydrogen (secondary N) is 3. The predicted molar refractivity (Wildman–Crippen MR) is 138 cm³/mol. The number of carbonyl (C=O) groups excluding carboxylic acids is 1. The number of benzene rings is 2. The molecule has 2 heterocycles. The highest BCUT2D eigenvalue weighted by Gasteiger charge is 2.18. The monoisotopic (exact) mass is 512 g/mol. The van der Waals surface area contributed by atoms with Crippen molar-refractivity contribution >= 4 is 41.0 Å². The molecule has 0 radical (unpaired) electrons. The van der Waals surface area contributed by atoms with Crippen LogP contribution in [0.25, 0.3) is 0 Å². The summed E-state index contributed by atoms with van der Waals surface area (Å²) in [5, 5.41) is 15.9. The summed E-state index contributed by atoms with van der Waals surface area (Å²) < 4.78 is 11.9. The Hall–Kier alpha value is -3.13. The van der Waals surface area contributed by atoms with Crippen LogP contribution in [0.4, 0.5) is 5.69 Å². The molecule has 35 heavy (non-hydrogen) atoms. The molecule has 0 spiro atoms. The van der Waals surface area contributed by atoms with Crippen molar-refractivity contribution < 1.29 is 14.3 Å². The van der Waals surface area contributed by atoms with E-state index in [9.17, 15) is 4.79 Å². The van der Waals surface area contributed by atoms with Crippen molar-refractivity contribution in [2.75, 3.05) is 11.9 Å². The van der Waals surface area contributed by atoms with Gasteiger partial charge in [0.2, 0.25) is 6.41 Å². The van der Waals surface area contributed by atoms with Crippen LogP contribution in [0.15, 0.2) is 54.9 Å². The van der Waals surface area contributed by atoms with Crippen molar-refractivity contribution in [2.45, 2.75) is 38.6 Å². The van der Waals surface area contributed by atoms with E-state index in [0.29, 0.717) is 52.2 Å². The van der Waals surface area contributed by atoms with Gasteiger partial charge in [0.15, 0.2) is 0 Å². The second kappa shape index (κ2) is 12.0. The number of carbonyl (C=O) groups is 1. The zero-order valence-electron chi connectivity index (χ0n) is 19.0. The fraction of sp³-hybridized carbons (Fsp3) is 0.269. The van der Waals surface area contributed by atoms with Gasteiger partial charge in [-0.15, -0.1) is 0 Å². The number of hydrogen-bond donors (Lipinski definition) is 3. The van der Waals surface area contributed by atoms with Crippen LogP contribution in [0.1, 0.15) is 41.5 Å². The van der Waals surface area contributed by atoms with E-state index < -0.39 is 0 Å². The van der Waals surface area contributed by atoms with E-state index in [0.717, 1.165) is 36.1 Å². The van der Waals surface area contributed by atoms with Gasteiger partial charge in [0, 0.05) is 47.9 Å². The van der Waals surface area contributed by atoms with Gasteiger partial charge >= 0.3 is 0 Å². The average molecular weight is 513 g/mol. The molecule has 1 fully saturated rings. The van der Waals surface area contributed by atoms with Gasteiger partial charge in [-0.1, -0.05) is 41.4 Å². The maximum atomic E-state index is 10.7. The predicted octanol–water partition coefficient (Wildman–Crippen LogP) is 5.57. The molecule has 3 N–H and O–H groups in total. The number of anilines is 1. The summed E-state index contributed by atoms with van der Waals surface area (Å²) in [6, 6.07) is 13.1. The van der Waals surface area contributed by atoms with Crippen LogP contribution < -0.4 is 15.4 Å². The summed E-state index contributed by atoms with van der Waals surface area (Å²) in [4.78, 5) is 14.7. The Balaban J connectivity index is 1.62. The molecule has 4 rings (SSSR count). The number of pyridine rings is 1. The van der Waals surface area contributed by atoms with Gasteiger partial charge in [0.1, 0.15) is 18.6 Å². The first kappa shape index (κ1) is 25.0. The molecule has 0 bridgehead atoms. The number of amides is 1. The molecule has 0 aliphatic carbocycles. The van der Waals surface area contributed by atoms with Gasteiger partial charge in [-0.3, -0.25) is 15.2 Å². The molecule has 1 aromatic heterocycles. The molecule has 182 valence electrons. The van der Waals surface area contributed by atoms with Gasteiger partial charge < -0.3 is 20.1 Å². The zero-order valence-corrected chi connectivity index (χ0v) is 20.5. The average Bonchev–Trinajstić information content (AvgIpc) is 2.88. The van der Waals surface area contributed by atoms with E-state index in [1.165, 1.54) is 12.4 Å². The van der Waals surface area contributed by atoms with E-state index in [-0.39, 0.29) is 12.8 Å². The molecule has 1 amide bonds. The van der Waals surface area contributed by atoms with Crippen LogP contribution in [0.3, 0.4) is 0 Å². The highest BCUT2D eigenvalue weighted by Crippen LogP contribution is 2.29. The fourth-order valence-corrected chi connectivity index (χ4v) is 4.33. The van der Waals surface area contributed by atoms with Crippen LogP contribution in [-0.2, 0) is 22.7 Å². The molecule has 1 aliphatic heterocycles. The van der Waals surface area contributed by atoms with Crippen molar-refractivity contribution in [3.8, 4) is 5.75 Å². The minimum atomic E-state index is -0.111. The van der Waals surface area contributed by atoms with Gasteiger partial charge in [-0.05, 0) is 49.1 Å². The minimum Gasteiger partial charge on any atom is -0.489 e. The number of hydrogen-bond acceptors (Lipinski definition) is 6. The molecule has 0 saturated carbocycles. The van der Waals surface area contributed by atoms with Crippen LogP contribution >= 0.6 is 23.2 Å². The Bertz CT molecular complexity index is 1180. The summed E-state index contributed by atoms with van der Waals surface area (Å²) in [5.41, 5.74) is 4.05. The molecule has 7 nitrogen and oxygen atoms in total. The Kier molecular flexibility index (Phi) is 8.58. The number of nitrogens with zero attached hydrogens (tertiary/aromatic N) is 1. The summed E-state index contributed by atoms with van der Waals surface area (Å²) in [7, 11) is 0. The SMILES string of the molecule is N=C(c1cccc(CNC=O)c1)c1cc(OCc2c(Cl)cncc2Cl)ccc1NC1CCCCO1. The van der Waals surface area contributed by atoms with E-state index >= 15 is 0 Å². The van der Waals surface area contributed by atoms with Crippen molar-refractivity contribution in [1.29, 1.82) is 5.41 Å². The lowest BCUT2D eigenvalue weighted by molar-refractivity contribution is -0.109. The topological polar surface area (TPSA) is 96.3 Å². The molecule has 9 heteroatoms. The maximum absolute atomic E-state index is 10.7. The van der Waals surface area contributed by atoms with E-state index in [4.69, 9.17) is 38.1 Å². The van der Waals surface area contributed by atoms with Crippen LogP contribution in [0, 0.1) is 5.41 Å². The Morgan fingerprint density at radius 2 is 2.00 bits per heavy atom. The van der Waals surface area contributed by atoms with Crippen LogP contribution in [0.5, 0.6) is 5.75 Å². The van der Waals surface area contributed by atoms with Gasteiger partial charge in [0.25, 0.3) is 0 Å². The second-order valence-electron chi connectivity index (χ2n) is 8.15. The number of rotatable bonds is 10. The molecule has 1 saturated heterocycles. The molecule has 3 aromatic rings. The maximum Gasteiger partial charge on any atom is 0.207 e. The first-order chi connectivity index (χ1) is 17.0. The van der Waals surface area contributed by atoms with Crippen LogP contribution in [0.2, 0.25) is 10.0 Å². The van der Waals surface area contributed by atoms with Gasteiger partial charge in [-0.25, -0.2) is 0 Å². The van der Waals surface area contributed by atoms with Crippen LogP contribution in [-0.4, -0.2) is 29.9 Å². The number of aromatic nitrogens is 1. The lowest BCUT2D eigenvalue weighted by Crippen LogP contribution is -2.28. The molecule has 2 aromatic carbocycles. The third kappa shape index (κ3) is 6.51. The quantitative estimate of drug-likeness (QED) is 0.243. The highest BCUT2D eigenvalue weighted by atomic mass is 35.5. The van der Waals surface area contributed by atoms with Crippen molar-refractivity contribution in [1.82, 2.24) is 10.3 Å². The molecular weight excluding hydrogens is 487 g/mol. The number of ether oxygens (including phenoxy) is 2. The minimum absolute atomic E-state index is 0.111. The van der Waals surface area contributed by atoms with E-state index in [1.54, 1.807) is 0 Å². The standard InChI is InChI=1S/C26H26Cl2N4O3/c27-22-13-30-14-23(28)21(22)15-35-19-7-8-24(32-25-6-1-2-9-34-25)20(11-19)26(29)18-5-3-4-17(10-18)12-31-16-33/h3-5,7-8,10-11,13-14,16,25,29,32H,1-2,6,9,12,15H2,(H,31,33). The van der Waals surface area contributed by atoms with Crippen molar-refractivity contribution in [3.05, 3.63) is 87.2 Å².